The Hall–Kier alpha value is -2.37. The van der Waals surface area contributed by atoms with Crippen LogP contribution >= 0.6 is 0 Å². The molecule has 0 spiro atoms. The van der Waals surface area contributed by atoms with Crippen LogP contribution in [0.3, 0.4) is 0 Å². The molecule has 1 heterocycles. The van der Waals surface area contributed by atoms with E-state index in [0.29, 0.717) is 11.3 Å². The second-order valence-electron chi connectivity index (χ2n) is 6.43. The van der Waals surface area contributed by atoms with Crippen LogP contribution in [0.2, 0.25) is 0 Å². The van der Waals surface area contributed by atoms with Crippen LogP contribution in [0.25, 0.3) is 0 Å². The van der Waals surface area contributed by atoms with E-state index < -0.39 is 0 Å². The van der Waals surface area contributed by atoms with Crippen LogP contribution in [0.1, 0.15) is 21.5 Å². The molecule has 0 unspecified atom stereocenters. The molecule has 5 nitrogen and oxygen atoms in total. The number of nitrogens with one attached hydrogen (secondary N) is 1. The van der Waals surface area contributed by atoms with Gasteiger partial charge in [0.15, 0.2) is 0 Å². The van der Waals surface area contributed by atoms with Crippen molar-refractivity contribution >= 4 is 17.3 Å². The molecule has 3 N–H and O–H groups in total. The number of hydrogen-bond donors (Lipinski definition) is 2. The van der Waals surface area contributed by atoms with Crippen LogP contribution in [0.15, 0.2) is 42.5 Å². The maximum absolute atomic E-state index is 12.4. The summed E-state index contributed by atoms with van der Waals surface area (Å²) < 4.78 is 5.37. The average Bonchev–Trinajstić information content (AvgIpc) is 2.64. The largest absolute Gasteiger partial charge is 0.399 e. The first-order valence-electron chi connectivity index (χ1n) is 8.68. The normalized spacial score (nSPS) is 15.1. The van der Waals surface area contributed by atoms with Crippen LogP contribution in [0.5, 0.6) is 0 Å². The van der Waals surface area contributed by atoms with E-state index in [4.69, 9.17) is 10.5 Å². The van der Waals surface area contributed by atoms with Gasteiger partial charge in [-0.1, -0.05) is 18.2 Å². The van der Waals surface area contributed by atoms with Gasteiger partial charge in [0.05, 0.1) is 13.2 Å². The molecule has 1 aliphatic rings. The van der Waals surface area contributed by atoms with Crippen LogP contribution in [0.4, 0.5) is 11.4 Å². The van der Waals surface area contributed by atoms with Gasteiger partial charge >= 0.3 is 0 Å². The molecule has 132 valence electrons. The van der Waals surface area contributed by atoms with E-state index >= 15 is 0 Å². The summed E-state index contributed by atoms with van der Waals surface area (Å²) in [6.45, 7) is 6.62. The highest BCUT2D eigenvalue weighted by Crippen LogP contribution is 2.16. The van der Waals surface area contributed by atoms with E-state index in [0.717, 1.165) is 50.5 Å². The van der Waals surface area contributed by atoms with E-state index in [2.05, 4.69) is 22.3 Å². The summed E-state index contributed by atoms with van der Waals surface area (Å²) in [6.07, 6.45) is 1.00. The van der Waals surface area contributed by atoms with Crippen molar-refractivity contribution in [3.63, 3.8) is 0 Å². The van der Waals surface area contributed by atoms with Crippen LogP contribution in [-0.4, -0.2) is 43.7 Å². The number of nitrogen functional groups attached to an aromatic ring is 1. The third-order valence-electron chi connectivity index (χ3n) is 4.54. The molecule has 5 heteroatoms. The molecule has 0 bridgehead atoms. The fraction of sp³-hybridized carbons (Fsp3) is 0.350. The lowest BCUT2D eigenvalue weighted by Crippen LogP contribution is -2.37. The smallest absolute Gasteiger partial charge is 0.256 e. The Kier molecular flexibility index (Phi) is 5.68. The molecular formula is C20H25N3O2. The minimum atomic E-state index is -0.133. The average molecular weight is 339 g/mol. The Morgan fingerprint density at radius 3 is 2.60 bits per heavy atom. The number of benzene rings is 2. The highest BCUT2D eigenvalue weighted by molar-refractivity contribution is 6.05. The van der Waals surface area contributed by atoms with Gasteiger partial charge in [0.25, 0.3) is 5.91 Å². The van der Waals surface area contributed by atoms with E-state index in [1.54, 1.807) is 12.1 Å². The number of ether oxygens (including phenoxy) is 1. The molecule has 2 aromatic carbocycles. The van der Waals surface area contributed by atoms with E-state index in [-0.39, 0.29) is 5.91 Å². The lowest BCUT2D eigenvalue weighted by Gasteiger charge is -2.26. The van der Waals surface area contributed by atoms with Gasteiger partial charge in [-0.25, -0.2) is 0 Å². The number of anilines is 2. The fourth-order valence-electron chi connectivity index (χ4n) is 2.95. The number of amides is 1. The number of nitrogens with zero attached hydrogens (tertiary/aromatic N) is 1. The van der Waals surface area contributed by atoms with Crippen molar-refractivity contribution in [3.05, 3.63) is 59.2 Å². The molecule has 2 aromatic rings. The van der Waals surface area contributed by atoms with E-state index in [9.17, 15) is 4.79 Å². The van der Waals surface area contributed by atoms with E-state index in [1.165, 1.54) is 5.56 Å². The maximum Gasteiger partial charge on any atom is 0.256 e. The Labute approximate surface area is 148 Å². The summed E-state index contributed by atoms with van der Waals surface area (Å²) in [5.41, 5.74) is 9.95. The molecule has 0 saturated carbocycles. The molecule has 1 amide bonds. The van der Waals surface area contributed by atoms with Gasteiger partial charge in [-0.15, -0.1) is 0 Å². The summed E-state index contributed by atoms with van der Waals surface area (Å²) in [5.74, 6) is -0.133. The fourth-order valence-corrected chi connectivity index (χ4v) is 2.95. The molecule has 1 fully saturated rings. The van der Waals surface area contributed by atoms with Crippen LogP contribution in [0, 0.1) is 6.92 Å². The minimum Gasteiger partial charge on any atom is -0.399 e. The predicted octanol–water partition coefficient (Wildman–Crippen LogP) is 2.70. The Morgan fingerprint density at radius 1 is 1.16 bits per heavy atom. The molecule has 0 atom stereocenters. The summed E-state index contributed by atoms with van der Waals surface area (Å²) >= 11 is 0. The zero-order valence-corrected chi connectivity index (χ0v) is 14.6. The summed E-state index contributed by atoms with van der Waals surface area (Å²) in [6, 6.07) is 13.4. The van der Waals surface area contributed by atoms with Crippen LogP contribution < -0.4 is 11.1 Å². The molecule has 0 aliphatic carbocycles. The van der Waals surface area contributed by atoms with Gasteiger partial charge in [0, 0.05) is 36.6 Å². The summed E-state index contributed by atoms with van der Waals surface area (Å²) in [7, 11) is 0. The van der Waals surface area contributed by atoms with E-state index in [1.807, 2.05) is 25.1 Å². The van der Waals surface area contributed by atoms with Crippen LogP contribution in [-0.2, 0) is 11.2 Å². The maximum atomic E-state index is 12.4. The Balaban J connectivity index is 1.56. The van der Waals surface area contributed by atoms with Gasteiger partial charge in [-0.2, -0.15) is 0 Å². The lowest BCUT2D eigenvalue weighted by atomic mass is 10.1. The monoisotopic (exact) mass is 339 g/mol. The third-order valence-corrected chi connectivity index (χ3v) is 4.54. The number of aryl methyl sites for hydroxylation is 1. The zero-order chi connectivity index (χ0) is 17.6. The highest BCUT2D eigenvalue weighted by Gasteiger charge is 2.11. The highest BCUT2D eigenvalue weighted by atomic mass is 16.5. The summed E-state index contributed by atoms with van der Waals surface area (Å²) in [5, 5.41) is 2.94. The summed E-state index contributed by atoms with van der Waals surface area (Å²) in [4.78, 5) is 14.8. The molecular weight excluding hydrogens is 314 g/mol. The van der Waals surface area contributed by atoms with Crippen molar-refractivity contribution in [1.29, 1.82) is 0 Å². The first-order chi connectivity index (χ1) is 12.1. The second-order valence-corrected chi connectivity index (χ2v) is 6.43. The number of hydrogen-bond acceptors (Lipinski definition) is 4. The lowest BCUT2D eigenvalue weighted by molar-refractivity contribution is 0.0384. The second kappa shape index (κ2) is 8.14. The standard InChI is InChI=1S/C20H25N3O2/c1-15-2-5-17(21)14-19(15)20(24)22-18-6-3-16(4-7-18)8-9-23-10-12-25-13-11-23/h2-7,14H,8-13,21H2,1H3,(H,22,24). The first kappa shape index (κ1) is 17.5. The first-order valence-corrected chi connectivity index (χ1v) is 8.68. The SMILES string of the molecule is Cc1ccc(N)cc1C(=O)Nc1ccc(CCN2CCOCC2)cc1. The molecule has 1 saturated heterocycles. The quantitative estimate of drug-likeness (QED) is 0.822. The van der Waals surface area contributed by atoms with Crippen molar-refractivity contribution < 1.29 is 9.53 Å². The molecule has 1 aliphatic heterocycles. The topological polar surface area (TPSA) is 67.6 Å². The van der Waals surface area contributed by atoms with Crippen molar-refractivity contribution in [2.75, 3.05) is 43.9 Å². The number of morpholine rings is 1. The molecule has 25 heavy (non-hydrogen) atoms. The van der Waals surface area contributed by atoms with Gasteiger partial charge in [-0.05, 0) is 48.7 Å². The third kappa shape index (κ3) is 4.81. The molecule has 0 radical (unpaired) electrons. The van der Waals surface area contributed by atoms with Gasteiger partial charge in [-0.3, -0.25) is 9.69 Å². The molecule has 3 rings (SSSR count). The van der Waals surface area contributed by atoms with Gasteiger partial charge < -0.3 is 15.8 Å². The van der Waals surface area contributed by atoms with Crippen molar-refractivity contribution in [2.24, 2.45) is 0 Å². The number of nitrogens with two attached hydrogens (primary N) is 1. The number of rotatable bonds is 5. The van der Waals surface area contributed by atoms with Gasteiger partial charge in [0.2, 0.25) is 0 Å². The van der Waals surface area contributed by atoms with Crippen molar-refractivity contribution in [2.45, 2.75) is 13.3 Å². The minimum absolute atomic E-state index is 0.133. The predicted molar refractivity (Wildman–Crippen MR) is 101 cm³/mol. The number of carbonyl (C=O) groups excluding carboxylic acids is 1. The van der Waals surface area contributed by atoms with Crippen molar-refractivity contribution in [3.8, 4) is 0 Å². The van der Waals surface area contributed by atoms with Gasteiger partial charge in [0.1, 0.15) is 0 Å². The zero-order valence-electron chi connectivity index (χ0n) is 14.6. The number of carbonyl (C=O) groups is 1. The Bertz CT molecular complexity index is 722. The molecule has 0 aromatic heterocycles. The Morgan fingerprint density at radius 2 is 1.88 bits per heavy atom. The van der Waals surface area contributed by atoms with Crippen molar-refractivity contribution in [1.82, 2.24) is 4.90 Å².